The lowest BCUT2D eigenvalue weighted by Gasteiger charge is -2.34. The van der Waals surface area contributed by atoms with Gasteiger partial charge >= 0.3 is 0 Å². The molecule has 1 unspecified atom stereocenters. The van der Waals surface area contributed by atoms with Gasteiger partial charge in [-0.3, -0.25) is 0 Å². The molecule has 1 N–H and O–H groups in total. The van der Waals surface area contributed by atoms with E-state index in [1.165, 1.54) is 16.9 Å². The largest absolute Gasteiger partial charge is 0.303 e. The molecule has 0 saturated heterocycles. The van der Waals surface area contributed by atoms with Crippen molar-refractivity contribution in [2.24, 2.45) is 0 Å². The van der Waals surface area contributed by atoms with Gasteiger partial charge < -0.3 is 5.32 Å². The molecule has 0 aliphatic carbocycles. The Morgan fingerprint density at radius 3 is 3.00 bits per heavy atom. The summed E-state index contributed by atoms with van der Waals surface area (Å²) in [4.78, 5) is 2.96. The summed E-state index contributed by atoms with van der Waals surface area (Å²) in [5, 5.41) is 8.02. The third kappa shape index (κ3) is 1.38. The summed E-state index contributed by atoms with van der Waals surface area (Å²) in [5.41, 5.74) is 1.52. The summed E-state index contributed by atoms with van der Waals surface area (Å²) in [6.45, 7) is 3.38. The molecule has 1 atom stereocenters. The van der Waals surface area contributed by atoms with Crippen LogP contribution >= 0.6 is 22.7 Å². The van der Waals surface area contributed by atoms with E-state index in [-0.39, 0.29) is 5.54 Å². The lowest BCUT2D eigenvalue weighted by atomic mass is 9.87. The minimum Gasteiger partial charge on any atom is -0.303 e. The first-order valence-electron chi connectivity index (χ1n) is 5.16. The fraction of sp³-hybridized carbons (Fsp3) is 0.333. The van der Waals surface area contributed by atoms with Crippen molar-refractivity contribution in [2.75, 3.05) is 6.54 Å². The van der Waals surface area contributed by atoms with E-state index < -0.39 is 0 Å². The Morgan fingerprint density at radius 1 is 1.27 bits per heavy atom. The fourth-order valence-electron chi connectivity index (χ4n) is 2.28. The average molecular weight is 235 g/mol. The van der Waals surface area contributed by atoms with Crippen LogP contribution in [0.5, 0.6) is 0 Å². The van der Waals surface area contributed by atoms with Crippen molar-refractivity contribution in [3.05, 3.63) is 44.3 Å². The highest BCUT2D eigenvalue weighted by Crippen LogP contribution is 2.38. The van der Waals surface area contributed by atoms with E-state index in [1.54, 1.807) is 4.88 Å². The molecular formula is C12H13NS2. The molecule has 0 spiro atoms. The van der Waals surface area contributed by atoms with Gasteiger partial charge in [-0.2, -0.15) is 0 Å². The van der Waals surface area contributed by atoms with Crippen LogP contribution in [0.3, 0.4) is 0 Å². The quantitative estimate of drug-likeness (QED) is 0.800. The third-order valence-corrected chi connectivity index (χ3v) is 5.20. The maximum absolute atomic E-state index is 3.66. The standard InChI is InChI=1S/C12H13NS2/c1-12(11-3-2-7-15-11)9-5-8-14-10(9)4-6-13-12/h2-3,5,7-8,13H,4,6H2,1H3. The van der Waals surface area contributed by atoms with Crippen LogP contribution < -0.4 is 5.32 Å². The summed E-state index contributed by atoms with van der Waals surface area (Å²) >= 11 is 3.73. The van der Waals surface area contributed by atoms with E-state index in [1.807, 2.05) is 22.7 Å². The molecule has 0 amide bonds. The molecule has 2 aromatic rings. The molecule has 78 valence electrons. The van der Waals surface area contributed by atoms with Gasteiger partial charge in [-0.1, -0.05) is 6.07 Å². The van der Waals surface area contributed by atoms with Gasteiger partial charge in [-0.15, -0.1) is 22.7 Å². The Hall–Kier alpha value is -0.640. The number of nitrogens with one attached hydrogen (secondary N) is 1. The lowest BCUT2D eigenvalue weighted by molar-refractivity contribution is 0.426. The molecule has 3 heteroatoms. The Kier molecular flexibility index (Phi) is 2.20. The minimum atomic E-state index is 0.0434. The van der Waals surface area contributed by atoms with Crippen molar-refractivity contribution >= 4 is 22.7 Å². The summed E-state index contributed by atoms with van der Waals surface area (Å²) in [6, 6.07) is 6.63. The monoisotopic (exact) mass is 235 g/mol. The predicted octanol–water partition coefficient (Wildman–Crippen LogP) is 3.22. The molecule has 1 aliphatic rings. The molecule has 3 rings (SSSR count). The minimum absolute atomic E-state index is 0.0434. The van der Waals surface area contributed by atoms with Crippen LogP contribution in [0.15, 0.2) is 29.0 Å². The first-order valence-corrected chi connectivity index (χ1v) is 6.92. The van der Waals surface area contributed by atoms with Crippen molar-refractivity contribution < 1.29 is 0 Å². The van der Waals surface area contributed by atoms with Crippen molar-refractivity contribution in [3.63, 3.8) is 0 Å². The van der Waals surface area contributed by atoms with Crippen LogP contribution in [-0.2, 0) is 12.0 Å². The Bertz CT molecular complexity index is 458. The van der Waals surface area contributed by atoms with Gasteiger partial charge in [0.1, 0.15) is 0 Å². The fourth-order valence-corrected chi connectivity index (χ4v) is 4.15. The van der Waals surface area contributed by atoms with Crippen LogP contribution in [0.25, 0.3) is 0 Å². The molecule has 0 aromatic carbocycles. The van der Waals surface area contributed by atoms with Crippen LogP contribution in [-0.4, -0.2) is 6.54 Å². The van der Waals surface area contributed by atoms with E-state index in [0.29, 0.717) is 0 Å². The highest BCUT2D eigenvalue weighted by molar-refractivity contribution is 7.10. The summed E-state index contributed by atoms with van der Waals surface area (Å²) in [6.07, 6.45) is 1.17. The van der Waals surface area contributed by atoms with E-state index in [9.17, 15) is 0 Å². The van der Waals surface area contributed by atoms with Crippen molar-refractivity contribution in [1.82, 2.24) is 5.32 Å². The molecule has 15 heavy (non-hydrogen) atoms. The molecule has 0 saturated carbocycles. The highest BCUT2D eigenvalue weighted by atomic mass is 32.1. The van der Waals surface area contributed by atoms with Crippen LogP contribution in [0.4, 0.5) is 0 Å². The number of fused-ring (bicyclic) bond motifs is 1. The number of thiophene rings is 2. The Labute approximate surface area is 97.8 Å². The maximum atomic E-state index is 3.66. The van der Waals surface area contributed by atoms with Crippen molar-refractivity contribution in [2.45, 2.75) is 18.9 Å². The molecule has 0 fully saturated rings. The topological polar surface area (TPSA) is 12.0 Å². The molecular weight excluding hydrogens is 222 g/mol. The second-order valence-corrected chi connectivity index (χ2v) is 5.98. The van der Waals surface area contributed by atoms with Crippen LogP contribution in [0.2, 0.25) is 0 Å². The van der Waals surface area contributed by atoms with Gasteiger partial charge in [0.2, 0.25) is 0 Å². The van der Waals surface area contributed by atoms with E-state index >= 15 is 0 Å². The lowest BCUT2D eigenvalue weighted by Crippen LogP contribution is -2.44. The Morgan fingerprint density at radius 2 is 2.20 bits per heavy atom. The second-order valence-electron chi connectivity index (χ2n) is 4.04. The third-order valence-electron chi connectivity index (χ3n) is 3.13. The number of rotatable bonds is 1. The number of hydrogen-bond donors (Lipinski definition) is 1. The van der Waals surface area contributed by atoms with Gasteiger partial charge in [-0.25, -0.2) is 0 Å². The molecule has 1 aliphatic heterocycles. The van der Waals surface area contributed by atoms with Gasteiger partial charge in [0.15, 0.2) is 0 Å². The Balaban J connectivity index is 2.15. The predicted molar refractivity (Wildman–Crippen MR) is 66.8 cm³/mol. The zero-order valence-electron chi connectivity index (χ0n) is 8.62. The van der Waals surface area contributed by atoms with Crippen molar-refractivity contribution in [3.8, 4) is 0 Å². The van der Waals surface area contributed by atoms with E-state index in [4.69, 9.17) is 0 Å². The summed E-state index contributed by atoms with van der Waals surface area (Å²) < 4.78 is 0. The first-order chi connectivity index (χ1) is 7.31. The molecule has 1 nitrogen and oxygen atoms in total. The van der Waals surface area contributed by atoms with E-state index in [0.717, 1.165) is 6.54 Å². The zero-order chi connectivity index (χ0) is 10.3. The summed E-state index contributed by atoms with van der Waals surface area (Å²) in [7, 11) is 0. The number of hydrogen-bond acceptors (Lipinski definition) is 3. The van der Waals surface area contributed by atoms with Crippen LogP contribution in [0.1, 0.15) is 22.2 Å². The van der Waals surface area contributed by atoms with E-state index in [2.05, 4.69) is 41.2 Å². The second kappa shape index (κ2) is 3.44. The normalized spacial score (nSPS) is 25.1. The van der Waals surface area contributed by atoms with Gasteiger partial charge in [0.05, 0.1) is 5.54 Å². The molecule has 2 aromatic heterocycles. The maximum Gasteiger partial charge on any atom is 0.0766 e. The molecule has 0 radical (unpaired) electrons. The summed E-state index contributed by atoms with van der Waals surface area (Å²) in [5.74, 6) is 0. The van der Waals surface area contributed by atoms with Gasteiger partial charge in [0, 0.05) is 16.3 Å². The highest BCUT2D eigenvalue weighted by Gasteiger charge is 2.34. The average Bonchev–Trinajstić information content (AvgIpc) is 2.89. The van der Waals surface area contributed by atoms with Gasteiger partial charge in [0.25, 0.3) is 0 Å². The van der Waals surface area contributed by atoms with Gasteiger partial charge in [-0.05, 0) is 41.8 Å². The van der Waals surface area contributed by atoms with Crippen molar-refractivity contribution in [1.29, 1.82) is 0 Å². The SMILES string of the molecule is CC1(c2cccs2)NCCc2sccc21. The first kappa shape index (κ1) is 9.58. The van der Waals surface area contributed by atoms with Crippen LogP contribution in [0, 0.1) is 0 Å². The molecule has 3 heterocycles. The smallest absolute Gasteiger partial charge is 0.0766 e. The molecule has 0 bridgehead atoms. The zero-order valence-corrected chi connectivity index (χ0v) is 10.3.